The standard InChI is InChI=1S/C33H46O2Si/c1-28(24-25-34-27-30-18-9-6-10-19-30)16-15-17-29(2)26-35-36(33(3,4)5,31-20-11-7-12-21-31)32-22-13-8-14-23-32/h6-14,18-23,28-29H,15-17,24-27H2,1-5H3/t28-,29-/m1/s1. The normalized spacial score (nSPS) is 13.9. The largest absolute Gasteiger partial charge is 0.407 e. The van der Waals surface area contributed by atoms with Crippen LogP contribution in [0.5, 0.6) is 0 Å². The van der Waals surface area contributed by atoms with E-state index in [2.05, 4.69) is 120 Å². The molecule has 0 spiro atoms. The fraction of sp³-hybridized carbons (Fsp3) is 0.455. The molecule has 0 radical (unpaired) electrons. The molecule has 0 bridgehead atoms. The molecule has 0 aliphatic rings. The molecular weight excluding hydrogens is 456 g/mol. The van der Waals surface area contributed by atoms with E-state index in [1.165, 1.54) is 35.2 Å². The van der Waals surface area contributed by atoms with Crippen LogP contribution in [0.4, 0.5) is 0 Å². The third-order valence-electron chi connectivity index (χ3n) is 7.26. The summed E-state index contributed by atoms with van der Waals surface area (Å²) >= 11 is 0. The Kier molecular flexibility index (Phi) is 11.0. The van der Waals surface area contributed by atoms with Crippen molar-refractivity contribution in [3.8, 4) is 0 Å². The molecule has 3 heteroatoms. The van der Waals surface area contributed by atoms with Crippen LogP contribution in [0.25, 0.3) is 0 Å². The molecule has 194 valence electrons. The third-order valence-corrected chi connectivity index (χ3v) is 12.3. The zero-order valence-corrected chi connectivity index (χ0v) is 24.1. The molecule has 2 atom stereocenters. The fourth-order valence-electron chi connectivity index (χ4n) is 5.12. The van der Waals surface area contributed by atoms with Crippen LogP contribution >= 0.6 is 0 Å². The van der Waals surface area contributed by atoms with E-state index in [0.29, 0.717) is 18.4 Å². The Bertz CT molecular complexity index is 943. The summed E-state index contributed by atoms with van der Waals surface area (Å²) in [5.41, 5.74) is 1.25. The van der Waals surface area contributed by atoms with Gasteiger partial charge in [-0.1, -0.05) is 138 Å². The second-order valence-electron chi connectivity index (χ2n) is 11.4. The molecule has 3 rings (SSSR count). The zero-order chi connectivity index (χ0) is 25.9. The first-order valence-electron chi connectivity index (χ1n) is 13.7. The van der Waals surface area contributed by atoms with Gasteiger partial charge in [0.1, 0.15) is 0 Å². The molecule has 0 aliphatic carbocycles. The first-order chi connectivity index (χ1) is 17.3. The maximum absolute atomic E-state index is 7.13. The lowest BCUT2D eigenvalue weighted by molar-refractivity contribution is 0.107. The minimum absolute atomic E-state index is 0.0314. The number of hydrogen-bond donors (Lipinski definition) is 0. The van der Waals surface area contributed by atoms with Crippen LogP contribution in [-0.2, 0) is 15.8 Å². The highest BCUT2D eigenvalue weighted by Gasteiger charge is 2.50. The summed E-state index contributed by atoms with van der Waals surface area (Å²) < 4.78 is 13.0. The van der Waals surface area contributed by atoms with E-state index in [-0.39, 0.29) is 5.04 Å². The van der Waals surface area contributed by atoms with Crippen LogP contribution in [0, 0.1) is 11.8 Å². The van der Waals surface area contributed by atoms with E-state index >= 15 is 0 Å². The Labute approximate surface area is 221 Å². The average molecular weight is 503 g/mol. The third kappa shape index (κ3) is 7.90. The number of rotatable bonds is 14. The van der Waals surface area contributed by atoms with Crippen LogP contribution in [0.1, 0.15) is 65.9 Å². The van der Waals surface area contributed by atoms with Crippen molar-refractivity contribution in [1.82, 2.24) is 0 Å². The highest BCUT2D eigenvalue weighted by atomic mass is 28.4. The molecule has 0 saturated carbocycles. The van der Waals surface area contributed by atoms with Gasteiger partial charge in [0.05, 0.1) is 6.61 Å². The highest BCUT2D eigenvalue weighted by Crippen LogP contribution is 2.37. The van der Waals surface area contributed by atoms with Crippen molar-refractivity contribution in [1.29, 1.82) is 0 Å². The van der Waals surface area contributed by atoms with Gasteiger partial charge in [0.25, 0.3) is 8.32 Å². The van der Waals surface area contributed by atoms with Crippen molar-refractivity contribution in [3.05, 3.63) is 96.6 Å². The highest BCUT2D eigenvalue weighted by molar-refractivity contribution is 6.99. The molecule has 0 saturated heterocycles. The summed E-state index contributed by atoms with van der Waals surface area (Å²) in [4.78, 5) is 0. The van der Waals surface area contributed by atoms with Gasteiger partial charge in [0.2, 0.25) is 0 Å². The Morgan fingerprint density at radius 3 is 1.69 bits per heavy atom. The molecule has 3 aromatic rings. The smallest absolute Gasteiger partial charge is 0.261 e. The van der Waals surface area contributed by atoms with Crippen molar-refractivity contribution in [2.75, 3.05) is 13.2 Å². The van der Waals surface area contributed by atoms with Crippen molar-refractivity contribution in [3.63, 3.8) is 0 Å². The average Bonchev–Trinajstić information content (AvgIpc) is 2.88. The molecule has 0 heterocycles. The lowest BCUT2D eigenvalue weighted by atomic mass is 9.97. The Morgan fingerprint density at radius 1 is 0.667 bits per heavy atom. The van der Waals surface area contributed by atoms with Crippen molar-refractivity contribution < 1.29 is 9.16 Å². The Balaban J connectivity index is 1.51. The molecule has 0 N–H and O–H groups in total. The molecular formula is C33H46O2Si. The van der Waals surface area contributed by atoms with Crippen LogP contribution in [-0.4, -0.2) is 21.5 Å². The summed E-state index contributed by atoms with van der Waals surface area (Å²) in [6, 6.07) is 32.4. The second kappa shape index (κ2) is 13.9. The maximum atomic E-state index is 7.13. The van der Waals surface area contributed by atoms with Gasteiger partial charge in [0, 0.05) is 13.2 Å². The van der Waals surface area contributed by atoms with Gasteiger partial charge in [-0.2, -0.15) is 0 Å². The summed E-state index contributed by atoms with van der Waals surface area (Å²) in [6.45, 7) is 14.1. The van der Waals surface area contributed by atoms with E-state index in [1.807, 2.05) is 6.07 Å². The van der Waals surface area contributed by atoms with Gasteiger partial charge in [0.15, 0.2) is 0 Å². The first-order valence-corrected chi connectivity index (χ1v) is 15.6. The second-order valence-corrected chi connectivity index (χ2v) is 15.7. The molecule has 0 aromatic heterocycles. The van der Waals surface area contributed by atoms with Crippen molar-refractivity contribution >= 4 is 18.7 Å². The van der Waals surface area contributed by atoms with E-state index < -0.39 is 8.32 Å². The van der Waals surface area contributed by atoms with Crippen LogP contribution in [0.3, 0.4) is 0 Å². The SMILES string of the molecule is C[C@H](CCC[C@@H](C)CO[Si](c1ccccc1)(c1ccccc1)C(C)(C)C)CCOCc1ccccc1. The predicted molar refractivity (Wildman–Crippen MR) is 156 cm³/mol. The molecule has 0 fully saturated rings. The molecule has 0 aliphatic heterocycles. The topological polar surface area (TPSA) is 18.5 Å². The van der Waals surface area contributed by atoms with Crippen LogP contribution in [0.2, 0.25) is 5.04 Å². The Hall–Kier alpha value is -2.20. The van der Waals surface area contributed by atoms with Gasteiger partial charge < -0.3 is 9.16 Å². The van der Waals surface area contributed by atoms with Gasteiger partial charge in [-0.05, 0) is 45.7 Å². The van der Waals surface area contributed by atoms with E-state index in [4.69, 9.17) is 9.16 Å². The van der Waals surface area contributed by atoms with Gasteiger partial charge in [-0.3, -0.25) is 0 Å². The van der Waals surface area contributed by atoms with Crippen molar-refractivity contribution in [2.24, 2.45) is 11.8 Å². The van der Waals surface area contributed by atoms with Gasteiger partial charge in [-0.15, -0.1) is 0 Å². The minimum atomic E-state index is -2.44. The number of benzene rings is 3. The summed E-state index contributed by atoms with van der Waals surface area (Å²) in [5.74, 6) is 1.22. The maximum Gasteiger partial charge on any atom is 0.261 e. The first kappa shape index (κ1) is 28.4. The molecule has 0 amide bonds. The summed E-state index contributed by atoms with van der Waals surface area (Å²) in [7, 11) is -2.44. The summed E-state index contributed by atoms with van der Waals surface area (Å²) in [6.07, 6.45) is 4.82. The van der Waals surface area contributed by atoms with E-state index in [1.54, 1.807) is 0 Å². The van der Waals surface area contributed by atoms with Crippen molar-refractivity contribution in [2.45, 2.75) is 71.9 Å². The quantitative estimate of drug-likeness (QED) is 0.167. The van der Waals surface area contributed by atoms with Crippen LogP contribution in [0.15, 0.2) is 91.0 Å². The molecule has 2 nitrogen and oxygen atoms in total. The number of hydrogen-bond acceptors (Lipinski definition) is 2. The predicted octanol–water partition coefficient (Wildman–Crippen LogP) is 7.61. The zero-order valence-electron chi connectivity index (χ0n) is 23.1. The molecule has 0 unspecified atom stereocenters. The molecule has 3 aromatic carbocycles. The summed E-state index contributed by atoms with van der Waals surface area (Å²) in [5, 5.41) is 2.75. The van der Waals surface area contributed by atoms with Gasteiger partial charge >= 0.3 is 0 Å². The lowest BCUT2D eigenvalue weighted by Gasteiger charge is -2.43. The van der Waals surface area contributed by atoms with E-state index in [9.17, 15) is 0 Å². The lowest BCUT2D eigenvalue weighted by Crippen LogP contribution is -2.66. The van der Waals surface area contributed by atoms with Gasteiger partial charge in [-0.25, -0.2) is 0 Å². The monoisotopic (exact) mass is 502 g/mol. The Morgan fingerprint density at radius 2 is 1.17 bits per heavy atom. The van der Waals surface area contributed by atoms with Crippen LogP contribution < -0.4 is 10.4 Å². The minimum Gasteiger partial charge on any atom is -0.407 e. The fourth-order valence-corrected chi connectivity index (χ4v) is 9.81. The van der Waals surface area contributed by atoms with E-state index in [0.717, 1.165) is 19.6 Å². The number of ether oxygens (including phenoxy) is 1. The molecule has 36 heavy (non-hydrogen) atoms.